The van der Waals surface area contributed by atoms with Crippen molar-refractivity contribution in [2.75, 3.05) is 17.6 Å². The minimum Gasteiger partial charge on any atom is -0.397 e. The van der Waals surface area contributed by atoms with Gasteiger partial charge in [0, 0.05) is 14.6 Å². The zero-order valence-electron chi connectivity index (χ0n) is 6.98. The normalized spacial score (nSPS) is 9.69. The highest BCUT2D eigenvalue weighted by Gasteiger charge is 1.98. The topological polar surface area (TPSA) is 38.0 Å². The molecule has 0 radical (unpaired) electrons. The third-order valence-corrected chi connectivity index (χ3v) is 2.44. The summed E-state index contributed by atoms with van der Waals surface area (Å²) in [6, 6.07) is 5.91. The van der Waals surface area contributed by atoms with Crippen molar-refractivity contribution in [3.63, 3.8) is 0 Å². The second kappa shape index (κ2) is 4.85. The average Bonchev–Trinajstić information content (AvgIpc) is 2.02. The number of hydrogen-bond donors (Lipinski definition) is 2. The predicted octanol–water partition coefficient (Wildman–Crippen LogP) is 3.19. The highest BCUT2D eigenvalue weighted by molar-refractivity contribution is 14.1. The van der Waals surface area contributed by atoms with Crippen molar-refractivity contribution in [2.24, 2.45) is 0 Å². The van der Waals surface area contributed by atoms with Crippen molar-refractivity contribution >= 4 is 49.9 Å². The van der Waals surface area contributed by atoms with Gasteiger partial charge in [0.2, 0.25) is 0 Å². The zero-order valence-corrected chi connectivity index (χ0v) is 10.7. The van der Waals surface area contributed by atoms with Gasteiger partial charge in [-0.2, -0.15) is 0 Å². The van der Waals surface area contributed by atoms with E-state index in [0.29, 0.717) is 6.54 Å². The Kier molecular flexibility index (Phi) is 4.05. The molecule has 0 saturated carbocycles. The molecule has 0 saturated heterocycles. The summed E-state index contributed by atoms with van der Waals surface area (Å²) in [5.74, 6) is 0. The molecule has 70 valence electrons. The largest absolute Gasteiger partial charge is 0.397 e. The fourth-order valence-electron chi connectivity index (χ4n) is 0.886. The molecule has 4 heteroatoms. The van der Waals surface area contributed by atoms with Crippen LogP contribution in [0.15, 0.2) is 29.3 Å². The minimum absolute atomic E-state index is 0.685. The van der Waals surface area contributed by atoms with E-state index in [1.54, 1.807) is 0 Å². The smallest absolute Gasteiger partial charge is 0.0577 e. The molecule has 2 nitrogen and oxygen atoms in total. The molecule has 1 aromatic rings. The molecule has 1 aromatic carbocycles. The molecule has 0 fully saturated rings. The second-order valence-electron chi connectivity index (χ2n) is 2.60. The Morgan fingerprint density at radius 3 is 2.85 bits per heavy atom. The number of hydrogen-bond acceptors (Lipinski definition) is 2. The minimum atomic E-state index is 0.685. The number of nitrogen functional groups attached to an aromatic ring is 1. The van der Waals surface area contributed by atoms with E-state index in [4.69, 9.17) is 5.73 Å². The summed E-state index contributed by atoms with van der Waals surface area (Å²) in [5.41, 5.74) is 7.51. The van der Waals surface area contributed by atoms with Crippen molar-refractivity contribution in [1.82, 2.24) is 0 Å². The van der Waals surface area contributed by atoms with E-state index < -0.39 is 0 Å². The van der Waals surface area contributed by atoms with E-state index in [-0.39, 0.29) is 0 Å². The summed E-state index contributed by atoms with van der Waals surface area (Å²) >= 11 is 5.50. The van der Waals surface area contributed by atoms with E-state index >= 15 is 0 Å². The van der Waals surface area contributed by atoms with Gasteiger partial charge < -0.3 is 11.1 Å². The van der Waals surface area contributed by atoms with Crippen LogP contribution in [0.5, 0.6) is 0 Å². The van der Waals surface area contributed by atoms with E-state index in [2.05, 4.69) is 50.4 Å². The molecule has 0 heterocycles. The van der Waals surface area contributed by atoms with Crippen LogP contribution >= 0.6 is 38.5 Å². The second-order valence-corrected chi connectivity index (χ2v) is 4.97. The van der Waals surface area contributed by atoms with Crippen LogP contribution in [0.2, 0.25) is 0 Å². The molecule has 3 N–H and O–H groups in total. The molecule has 13 heavy (non-hydrogen) atoms. The van der Waals surface area contributed by atoms with Crippen molar-refractivity contribution < 1.29 is 0 Å². The number of nitrogens with two attached hydrogens (primary N) is 1. The molecular weight excluding hydrogens is 343 g/mol. The van der Waals surface area contributed by atoms with Crippen molar-refractivity contribution in [3.05, 3.63) is 32.8 Å². The lowest BCUT2D eigenvalue weighted by molar-refractivity contribution is 1.33. The van der Waals surface area contributed by atoms with Crippen LogP contribution in [-0.2, 0) is 0 Å². The van der Waals surface area contributed by atoms with Gasteiger partial charge in [0.25, 0.3) is 0 Å². The van der Waals surface area contributed by atoms with Crippen LogP contribution in [0.25, 0.3) is 0 Å². The van der Waals surface area contributed by atoms with Gasteiger partial charge in [-0.3, -0.25) is 0 Å². The summed E-state index contributed by atoms with van der Waals surface area (Å²) in [6.07, 6.45) is 0. The van der Waals surface area contributed by atoms with Gasteiger partial charge in [-0.15, -0.1) is 0 Å². The summed E-state index contributed by atoms with van der Waals surface area (Å²) in [4.78, 5) is 0. The van der Waals surface area contributed by atoms with Crippen molar-refractivity contribution in [2.45, 2.75) is 0 Å². The maximum atomic E-state index is 5.80. The van der Waals surface area contributed by atoms with Gasteiger partial charge in [-0.05, 0) is 40.8 Å². The molecule has 0 atom stereocenters. The van der Waals surface area contributed by atoms with Crippen LogP contribution in [0.3, 0.4) is 0 Å². The Balaban J connectivity index is 2.72. The lowest BCUT2D eigenvalue weighted by atomic mass is 10.3. The van der Waals surface area contributed by atoms with E-state index in [9.17, 15) is 0 Å². The highest BCUT2D eigenvalue weighted by atomic mass is 127. The maximum absolute atomic E-state index is 5.80. The van der Waals surface area contributed by atoms with Gasteiger partial charge >= 0.3 is 0 Å². The monoisotopic (exact) mass is 352 g/mol. The molecule has 0 aliphatic heterocycles. The third-order valence-electron chi connectivity index (χ3n) is 1.48. The zero-order chi connectivity index (χ0) is 9.84. The van der Waals surface area contributed by atoms with Crippen molar-refractivity contribution in [3.8, 4) is 0 Å². The van der Waals surface area contributed by atoms with Gasteiger partial charge in [0.15, 0.2) is 0 Å². The lowest BCUT2D eigenvalue weighted by Gasteiger charge is -2.08. The summed E-state index contributed by atoms with van der Waals surface area (Å²) in [5, 5.41) is 3.16. The first kappa shape index (κ1) is 10.8. The fraction of sp³-hybridized carbons (Fsp3) is 0.111. The predicted molar refractivity (Wildman–Crippen MR) is 70.1 cm³/mol. The first-order valence-electron chi connectivity index (χ1n) is 3.72. The van der Waals surface area contributed by atoms with Gasteiger partial charge in [-0.1, -0.05) is 22.5 Å². The Bertz CT molecular complexity index is 325. The van der Waals surface area contributed by atoms with E-state index in [1.807, 2.05) is 18.2 Å². The van der Waals surface area contributed by atoms with Gasteiger partial charge in [0.1, 0.15) is 0 Å². The number of anilines is 2. The lowest BCUT2D eigenvalue weighted by Crippen LogP contribution is -2.03. The Morgan fingerprint density at radius 2 is 2.31 bits per heavy atom. The average molecular weight is 353 g/mol. The molecule has 0 aromatic heterocycles. The van der Waals surface area contributed by atoms with Gasteiger partial charge in [0.05, 0.1) is 11.4 Å². The molecule has 0 unspecified atom stereocenters. The molecule has 0 aliphatic rings. The summed E-state index contributed by atoms with van der Waals surface area (Å²) in [7, 11) is 0. The number of nitrogens with one attached hydrogen (secondary N) is 1. The highest BCUT2D eigenvalue weighted by Crippen LogP contribution is 2.21. The first-order valence-corrected chi connectivity index (χ1v) is 5.59. The van der Waals surface area contributed by atoms with Crippen LogP contribution in [0.1, 0.15) is 0 Å². The molecular formula is C9H10BrIN2. The first-order chi connectivity index (χ1) is 6.09. The molecule has 0 spiro atoms. The number of halogens is 2. The quantitative estimate of drug-likeness (QED) is 0.647. The van der Waals surface area contributed by atoms with Crippen LogP contribution in [0, 0.1) is 3.57 Å². The van der Waals surface area contributed by atoms with E-state index in [1.165, 1.54) is 0 Å². The summed E-state index contributed by atoms with van der Waals surface area (Å²) in [6.45, 7) is 4.41. The van der Waals surface area contributed by atoms with Crippen LogP contribution in [0.4, 0.5) is 11.4 Å². The fourth-order valence-corrected chi connectivity index (χ4v) is 1.54. The van der Waals surface area contributed by atoms with E-state index in [0.717, 1.165) is 19.4 Å². The third kappa shape index (κ3) is 3.56. The summed E-state index contributed by atoms with van der Waals surface area (Å²) < 4.78 is 2.05. The Morgan fingerprint density at radius 1 is 1.62 bits per heavy atom. The van der Waals surface area contributed by atoms with Gasteiger partial charge in [-0.25, -0.2) is 0 Å². The SMILES string of the molecule is C=C(Br)CNc1ccc(I)cc1N. The van der Waals surface area contributed by atoms with Crippen LogP contribution in [-0.4, -0.2) is 6.54 Å². The molecule has 0 amide bonds. The number of benzene rings is 1. The molecule has 1 rings (SSSR count). The molecule has 0 bridgehead atoms. The maximum Gasteiger partial charge on any atom is 0.0577 e. The Hall–Kier alpha value is -0.230. The van der Waals surface area contributed by atoms with Crippen molar-refractivity contribution in [1.29, 1.82) is 0 Å². The number of rotatable bonds is 3. The Labute approximate surface area is 99.9 Å². The standard InChI is InChI=1S/C9H10BrIN2/c1-6(10)5-13-9-3-2-7(11)4-8(9)12/h2-4,13H,1,5,12H2. The molecule has 0 aliphatic carbocycles. The van der Waals surface area contributed by atoms with Crippen LogP contribution < -0.4 is 11.1 Å².